The molecule has 148 valence electrons. The van der Waals surface area contributed by atoms with Crippen LogP contribution in [0.5, 0.6) is 11.5 Å². The number of nitrogens with zero attached hydrogens (tertiary/aromatic N) is 1. The van der Waals surface area contributed by atoms with Crippen molar-refractivity contribution in [1.82, 2.24) is 5.32 Å². The standard InChI is InChI=1S/C15H18N2O9S/c1-24-12-5-10(11(17(20)21)6-13(12)25-2)15(19)26-7-14(18)16-9-3-4-27(22,23)8-9/h5-6,9H,3-4,7-8H2,1-2H3,(H,16,18)/t9-/m0/s1. The number of sulfone groups is 1. The molecule has 0 unspecified atom stereocenters. The van der Waals surface area contributed by atoms with Crippen LogP contribution in [0, 0.1) is 10.1 Å². The largest absolute Gasteiger partial charge is 0.493 e. The Morgan fingerprint density at radius 2 is 1.89 bits per heavy atom. The van der Waals surface area contributed by atoms with Crippen LogP contribution in [-0.2, 0) is 19.4 Å². The Morgan fingerprint density at radius 1 is 1.26 bits per heavy atom. The normalized spacial score (nSPS) is 17.8. The molecule has 1 heterocycles. The summed E-state index contributed by atoms with van der Waals surface area (Å²) in [6.45, 7) is -0.707. The van der Waals surface area contributed by atoms with Crippen molar-refractivity contribution in [3.63, 3.8) is 0 Å². The summed E-state index contributed by atoms with van der Waals surface area (Å²) in [7, 11) is -0.590. The van der Waals surface area contributed by atoms with Crippen LogP contribution in [0.15, 0.2) is 12.1 Å². The van der Waals surface area contributed by atoms with Gasteiger partial charge in [-0.15, -0.1) is 0 Å². The molecule has 0 radical (unpaired) electrons. The SMILES string of the molecule is COc1cc(C(=O)OCC(=O)N[C@H]2CCS(=O)(=O)C2)c([N+](=O)[O-])cc1OC. The molecule has 0 spiro atoms. The van der Waals surface area contributed by atoms with Crippen LogP contribution in [0.4, 0.5) is 5.69 Å². The number of ether oxygens (including phenoxy) is 3. The van der Waals surface area contributed by atoms with E-state index >= 15 is 0 Å². The number of nitro groups is 1. The first-order valence-corrected chi connectivity index (χ1v) is 9.56. The minimum Gasteiger partial charge on any atom is -0.493 e. The number of nitro benzene ring substituents is 1. The van der Waals surface area contributed by atoms with E-state index in [2.05, 4.69) is 5.32 Å². The molecule has 0 saturated carbocycles. The molecule has 0 bridgehead atoms. The number of rotatable bonds is 7. The van der Waals surface area contributed by atoms with Crippen LogP contribution in [0.1, 0.15) is 16.8 Å². The van der Waals surface area contributed by atoms with Crippen LogP contribution >= 0.6 is 0 Å². The molecular weight excluding hydrogens is 384 g/mol. The maximum atomic E-state index is 12.2. The van der Waals surface area contributed by atoms with Crippen molar-refractivity contribution < 1.29 is 37.1 Å². The molecule has 1 aromatic rings. The van der Waals surface area contributed by atoms with Gasteiger partial charge in [-0.2, -0.15) is 0 Å². The molecule has 1 amide bonds. The van der Waals surface area contributed by atoms with Gasteiger partial charge in [-0.1, -0.05) is 0 Å². The van der Waals surface area contributed by atoms with E-state index in [-0.39, 0.29) is 29.4 Å². The number of esters is 1. The van der Waals surface area contributed by atoms with E-state index in [1.54, 1.807) is 0 Å². The first-order valence-electron chi connectivity index (χ1n) is 7.74. The second-order valence-electron chi connectivity index (χ2n) is 5.73. The Bertz CT molecular complexity index is 866. The number of carbonyl (C=O) groups excluding carboxylic acids is 2. The van der Waals surface area contributed by atoms with E-state index in [9.17, 15) is 28.1 Å². The zero-order chi connectivity index (χ0) is 20.2. The topological polar surface area (TPSA) is 151 Å². The Kier molecular flexibility index (Phi) is 6.20. The lowest BCUT2D eigenvalue weighted by Crippen LogP contribution is -2.38. The van der Waals surface area contributed by atoms with Crippen molar-refractivity contribution >= 4 is 27.4 Å². The fourth-order valence-electron chi connectivity index (χ4n) is 2.57. The van der Waals surface area contributed by atoms with E-state index in [1.807, 2.05) is 0 Å². The van der Waals surface area contributed by atoms with Gasteiger partial charge < -0.3 is 19.5 Å². The number of methoxy groups -OCH3 is 2. The van der Waals surface area contributed by atoms with Crippen LogP contribution in [0.3, 0.4) is 0 Å². The third kappa shape index (κ3) is 5.06. The van der Waals surface area contributed by atoms with E-state index in [0.717, 1.165) is 12.1 Å². The molecule has 1 atom stereocenters. The predicted molar refractivity (Wildman–Crippen MR) is 91.7 cm³/mol. The molecule has 12 heteroatoms. The molecule has 0 aromatic heterocycles. The predicted octanol–water partition coefficient (Wildman–Crippen LogP) is 0.0721. The van der Waals surface area contributed by atoms with Gasteiger partial charge in [0.15, 0.2) is 27.9 Å². The molecule has 1 aliphatic heterocycles. The minimum atomic E-state index is -3.17. The first-order chi connectivity index (χ1) is 12.7. The highest BCUT2D eigenvalue weighted by Crippen LogP contribution is 2.34. The Balaban J connectivity index is 2.06. The third-order valence-corrected chi connectivity index (χ3v) is 5.62. The van der Waals surface area contributed by atoms with Crippen LogP contribution in [0.25, 0.3) is 0 Å². The maximum Gasteiger partial charge on any atom is 0.345 e. The van der Waals surface area contributed by atoms with Crippen molar-refractivity contribution in [2.75, 3.05) is 32.3 Å². The number of nitrogens with one attached hydrogen (secondary N) is 1. The van der Waals surface area contributed by atoms with Crippen LogP contribution in [-0.4, -0.2) is 63.6 Å². The van der Waals surface area contributed by atoms with Crippen LogP contribution < -0.4 is 14.8 Å². The molecule has 27 heavy (non-hydrogen) atoms. The molecule has 0 aliphatic carbocycles. The van der Waals surface area contributed by atoms with Gasteiger partial charge in [0, 0.05) is 12.1 Å². The molecule has 2 rings (SSSR count). The first kappa shape index (κ1) is 20.4. The number of hydrogen-bond acceptors (Lipinski definition) is 9. The van der Waals surface area contributed by atoms with Gasteiger partial charge in [-0.05, 0) is 6.42 Å². The maximum absolute atomic E-state index is 12.2. The molecular formula is C15H18N2O9S. The monoisotopic (exact) mass is 402 g/mol. The number of amides is 1. The summed E-state index contributed by atoms with van der Waals surface area (Å²) in [6, 6.07) is 1.55. The molecule has 11 nitrogen and oxygen atoms in total. The van der Waals surface area contributed by atoms with E-state index in [1.165, 1.54) is 14.2 Å². The van der Waals surface area contributed by atoms with Gasteiger partial charge in [0.05, 0.1) is 36.7 Å². The molecule has 1 saturated heterocycles. The Morgan fingerprint density at radius 3 is 2.41 bits per heavy atom. The molecule has 1 N–H and O–H groups in total. The highest BCUT2D eigenvalue weighted by molar-refractivity contribution is 7.91. The Hall–Kier alpha value is -2.89. The van der Waals surface area contributed by atoms with Gasteiger partial charge in [-0.25, -0.2) is 13.2 Å². The number of benzene rings is 1. The average Bonchev–Trinajstić information content (AvgIpc) is 2.96. The summed E-state index contributed by atoms with van der Waals surface area (Å²) >= 11 is 0. The highest BCUT2D eigenvalue weighted by atomic mass is 32.2. The summed E-state index contributed by atoms with van der Waals surface area (Å²) in [4.78, 5) is 34.4. The number of hydrogen-bond donors (Lipinski definition) is 1. The van der Waals surface area contributed by atoms with Crippen molar-refractivity contribution in [3.05, 3.63) is 27.8 Å². The van der Waals surface area contributed by atoms with E-state index < -0.39 is 50.5 Å². The Labute approximate surface area is 154 Å². The fraction of sp³-hybridized carbons (Fsp3) is 0.467. The van der Waals surface area contributed by atoms with E-state index in [0.29, 0.717) is 0 Å². The fourth-order valence-corrected chi connectivity index (χ4v) is 4.24. The third-order valence-electron chi connectivity index (χ3n) is 3.85. The average molecular weight is 402 g/mol. The quantitative estimate of drug-likeness (QED) is 0.379. The van der Waals surface area contributed by atoms with Crippen molar-refractivity contribution in [2.45, 2.75) is 12.5 Å². The van der Waals surface area contributed by atoms with Crippen LogP contribution in [0.2, 0.25) is 0 Å². The second-order valence-corrected chi connectivity index (χ2v) is 7.95. The molecule has 1 fully saturated rings. The van der Waals surface area contributed by atoms with Crippen molar-refractivity contribution in [3.8, 4) is 11.5 Å². The smallest absolute Gasteiger partial charge is 0.345 e. The lowest BCUT2D eigenvalue weighted by molar-refractivity contribution is -0.385. The molecule has 1 aliphatic rings. The lowest BCUT2D eigenvalue weighted by Gasteiger charge is -2.12. The zero-order valence-electron chi connectivity index (χ0n) is 14.6. The highest BCUT2D eigenvalue weighted by Gasteiger charge is 2.30. The number of carbonyl (C=O) groups is 2. The van der Waals surface area contributed by atoms with E-state index in [4.69, 9.17) is 14.2 Å². The summed E-state index contributed by atoms with van der Waals surface area (Å²) in [5.41, 5.74) is -0.978. The van der Waals surface area contributed by atoms with Crippen molar-refractivity contribution in [1.29, 1.82) is 0 Å². The van der Waals surface area contributed by atoms with Gasteiger partial charge in [0.2, 0.25) is 0 Å². The van der Waals surface area contributed by atoms with Gasteiger partial charge >= 0.3 is 5.97 Å². The second kappa shape index (κ2) is 8.20. The summed E-state index contributed by atoms with van der Waals surface area (Å²) < 4.78 is 37.5. The summed E-state index contributed by atoms with van der Waals surface area (Å²) in [6.07, 6.45) is 0.281. The van der Waals surface area contributed by atoms with Gasteiger partial charge in [-0.3, -0.25) is 14.9 Å². The zero-order valence-corrected chi connectivity index (χ0v) is 15.4. The minimum absolute atomic E-state index is 0.0183. The van der Waals surface area contributed by atoms with Crippen molar-refractivity contribution in [2.24, 2.45) is 0 Å². The lowest BCUT2D eigenvalue weighted by atomic mass is 10.1. The van der Waals surface area contributed by atoms with Gasteiger partial charge in [0.1, 0.15) is 5.56 Å². The van der Waals surface area contributed by atoms with Gasteiger partial charge in [0.25, 0.3) is 11.6 Å². The summed E-state index contributed by atoms with van der Waals surface area (Å²) in [5, 5.41) is 13.6. The molecule has 1 aromatic carbocycles. The summed E-state index contributed by atoms with van der Waals surface area (Å²) in [5.74, 6) is -1.86.